The van der Waals surface area contributed by atoms with Gasteiger partial charge < -0.3 is 10.4 Å². The quantitative estimate of drug-likeness (QED) is 0.597. The van der Waals surface area contributed by atoms with Crippen molar-refractivity contribution in [1.29, 1.82) is 0 Å². The lowest BCUT2D eigenvalue weighted by molar-refractivity contribution is 0.255. The van der Waals surface area contributed by atoms with Crippen LogP contribution in [0.3, 0.4) is 0 Å². The van der Waals surface area contributed by atoms with E-state index in [1.54, 1.807) is 0 Å². The molecule has 1 heterocycles. The SMILES string of the molecule is OCCCSCCN1CCNCC1. The zero-order chi connectivity index (χ0) is 9.36. The van der Waals surface area contributed by atoms with Crippen molar-refractivity contribution in [2.24, 2.45) is 0 Å². The molecule has 2 N–H and O–H groups in total. The number of rotatable bonds is 6. The zero-order valence-corrected chi connectivity index (χ0v) is 8.98. The fraction of sp³-hybridized carbons (Fsp3) is 1.00. The molecule has 0 aromatic rings. The van der Waals surface area contributed by atoms with Crippen LogP contribution in [0.15, 0.2) is 0 Å². The van der Waals surface area contributed by atoms with E-state index in [9.17, 15) is 0 Å². The Morgan fingerprint density at radius 3 is 2.69 bits per heavy atom. The third kappa shape index (κ3) is 5.52. The molecular formula is C9H20N2OS. The molecule has 0 unspecified atom stereocenters. The zero-order valence-electron chi connectivity index (χ0n) is 8.17. The molecule has 0 aromatic carbocycles. The van der Waals surface area contributed by atoms with Gasteiger partial charge in [0.2, 0.25) is 0 Å². The molecular weight excluding hydrogens is 184 g/mol. The molecule has 78 valence electrons. The summed E-state index contributed by atoms with van der Waals surface area (Å²) >= 11 is 1.95. The van der Waals surface area contributed by atoms with E-state index in [0.717, 1.165) is 25.3 Å². The molecule has 0 spiro atoms. The number of thioether (sulfide) groups is 1. The minimum atomic E-state index is 0.334. The van der Waals surface area contributed by atoms with E-state index in [2.05, 4.69) is 10.2 Å². The Balaban J connectivity index is 1.86. The Morgan fingerprint density at radius 1 is 1.23 bits per heavy atom. The third-order valence-corrected chi connectivity index (χ3v) is 3.26. The van der Waals surface area contributed by atoms with Crippen LogP contribution >= 0.6 is 11.8 Å². The Labute approximate surface area is 84.9 Å². The van der Waals surface area contributed by atoms with E-state index in [-0.39, 0.29) is 0 Å². The van der Waals surface area contributed by atoms with Crippen molar-refractivity contribution in [2.45, 2.75) is 6.42 Å². The summed E-state index contributed by atoms with van der Waals surface area (Å²) in [5, 5.41) is 11.9. The molecule has 0 amide bonds. The van der Waals surface area contributed by atoms with Gasteiger partial charge >= 0.3 is 0 Å². The predicted octanol–water partition coefficient (Wildman–Crippen LogP) is 0.00720. The highest BCUT2D eigenvalue weighted by Gasteiger charge is 2.07. The van der Waals surface area contributed by atoms with Crippen molar-refractivity contribution in [3.05, 3.63) is 0 Å². The van der Waals surface area contributed by atoms with Crippen LogP contribution in [0.2, 0.25) is 0 Å². The van der Waals surface area contributed by atoms with E-state index in [0.29, 0.717) is 6.61 Å². The Bertz CT molecular complexity index is 118. The summed E-state index contributed by atoms with van der Waals surface area (Å²) in [7, 11) is 0. The second-order valence-corrected chi connectivity index (χ2v) is 4.51. The highest BCUT2D eigenvalue weighted by atomic mass is 32.2. The minimum absolute atomic E-state index is 0.334. The van der Waals surface area contributed by atoms with Gasteiger partial charge in [0.1, 0.15) is 0 Å². The van der Waals surface area contributed by atoms with Gasteiger partial charge in [-0.2, -0.15) is 11.8 Å². The minimum Gasteiger partial charge on any atom is -0.396 e. The average Bonchev–Trinajstić information content (AvgIpc) is 2.19. The predicted molar refractivity (Wildman–Crippen MR) is 58.3 cm³/mol. The number of nitrogens with zero attached hydrogens (tertiary/aromatic N) is 1. The molecule has 1 saturated heterocycles. The number of hydrogen-bond acceptors (Lipinski definition) is 4. The molecule has 1 aliphatic rings. The number of aliphatic hydroxyl groups excluding tert-OH is 1. The van der Waals surface area contributed by atoms with E-state index in [4.69, 9.17) is 5.11 Å². The van der Waals surface area contributed by atoms with E-state index in [1.165, 1.54) is 25.4 Å². The summed E-state index contributed by atoms with van der Waals surface area (Å²) in [6, 6.07) is 0. The normalized spacial score (nSPS) is 19.2. The van der Waals surface area contributed by atoms with Gasteiger partial charge in [0.05, 0.1) is 0 Å². The van der Waals surface area contributed by atoms with Gasteiger partial charge in [-0.25, -0.2) is 0 Å². The van der Waals surface area contributed by atoms with Gasteiger partial charge in [0, 0.05) is 45.1 Å². The maximum absolute atomic E-state index is 8.58. The second kappa shape index (κ2) is 7.62. The van der Waals surface area contributed by atoms with Crippen LogP contribution in [0.25, 0.3) is 0 Å². The van der Waals surface area contributed by atoms with Gasteiger partial charge in [-0.15, -0.1) is 0 Å². The Morgan fingerprint density at radius 2 is 2.00 bits per heavy atom. The fourth-order valence-electron chi connectivity index (χ4n) is 1.40. The first kappa shape index (κ1) is 11.3. The summed E-state index contributed by atoms with van der Waals surface area (Å²) in [4.78, 5) is 2.50. The third-order valence-electron chi connectivity index (χ3n) is 2.21. The van der Waals surface area contributed by atoms with Crippen LogP contribution in [0, 0.1) is 0 Å². The number of aliphatic hydroxyl groups is 1. The summed E-state index contributed by atoms with van der Waals surface area (Å²) in [5.74, 6) is 2.31. The number of nitrogens with one attached hydrogen (secondary N) is 1. The van der Waals surface area contributed by atoms with E-state index < -0.39 is 0 Å². The standard InChI is InChI=1S/C9H20N2OS/c12-7-1-8-13-9-6-11-4-2-10-3-5-11/h10,12H,1-9H2. The van der Waals surface area contributed by atoms with Gasteiger partial charge in [0.25, 0.3) is 0 Å². The largest absolute Gasteiger partial charge is 0.396 e. The molecule has 0 radical (unpaired) electrons. The molecule has 1 rings (SSSR count). The van der Waals surface area contributed by atoms with Crippen molar-refractivity contribution in [2.75, 3.05) is 50.8 Å². The lowest BCUT2D eigenvalue weighted by Gasteiger charge is -2.26. The summed E-state index contributed by atoms with van der Waals surface area (Å²) in [6.07, 6.45) is 0.937. The Hall–Kier alpha value is 0.230. The average molecular weight is 204 g/mol. The van der Waals surface area contributed by atoms with Crippen molar-refractivity contribution in [3.8, 4) is 0 Å². The second-order valence-electron chi connectivity index (χ2n) is 3.28. The lowest BCUT2D eigenvalue weighted by atomic mass is 10.4. The smallest absolute Gasteiger partial charge is 0.0438 e. The van der Waals surface area contributed by atoms with E-state index in [1.807, 2.05) is 11.8 Å². The first-order valence-corrected chi connectivity index (χ1v) is 6.20. The van der Waals surface area contributed by atoms with Crippen LogP contribution in [0.5, 0.6) is 0 Å². The molecule has 0 aliphatic carbocycles. The first-order valence-electron chi connectivity index (χ1n) is 5.05. The summed E-state index contributed by atoms with van der Waals surface area (Å²) in [5.41, 5.74) is 0. The van der Waals surface area contributed by atoms with Crippen LogP contribution in [-0.4, -0.2) is 60.8 Å². The van der Waals surface area contributed by atoms with Crippen molar-refractivity contribution >= 4 is 11.8 Å². The summed E-state index contributed by atoms with van der Waals surface area (Å²) in [6.45, 7) is 6.21. The molecule has 13 heavy (non-hydrogen) atoms. The number of hydrogen-bond donors (Lipinski definition) is 2. The van der Waals surface area contributed by atoms with Crippen molar-refractivity contribution < 1.29 is 5.11 Å². The van der Waals surface area contributed by atoms with Crippen LogP contribution in [-0.2, 0) is 0 Å². The summed E-state index contributed by atoms with van der Waals surface area (Å²) < 4.78 is 0. The Kier molecular flexibility index (Phi) is 6.62. The van der Waals surface area contributed by atoms with E-state index >= 15 is 0 Å². The highest BCUT2D eigenvalue weighted by Crippen LogP contribution is 2.03. The monoisotopic (exact) mass is 204 g/mol. The lowest BCUT2D eigenvalue weighted by Crippen LogP contribution is -2.44. The molecule has 1 aliphatic heterocycles. The maximum Gasteiger partial charge on any atom is 0.0438 e. The van der Waals surface area contributed by atoms with Gasteiger partial charge in [-0.1, -0.05) is 0 Å². The van der Waals surface area contributed by atoms with Gasteiger partial charge in [-0.05, 0) is 12.2 Å². The topological polar surface area (TPSA) is 35.5 Å². The molecule has 1 fully saturated rings. The molecule has 4 heteroatoms. The van der Waals surface area contributed by atoms with Crippen LogP contribution < -0.4 is 5.32 Å². The maximum atomic E-state index is 8.58. The van der Waals surface area contributed by atoms with Gasteiger partial charge in [-0.3, -0.25) is 4.90 Å². The first-order chi connectivity index (χ1) is 6.43. The fourth-order valence-corrected chi connectivity index (χ4v) is 2.32. The molecule has 0 bridgehead atoms. The van der Waals surface area contributed by atoms with Crippen LogP contribution in [0.4, 0.5) is 0 Å². The number of piperazine rings is 1. The van der Waals surface area contributed by atoms with Gasteiger partial charge in [0.15, 0.2) is 0 Å². The molecule has 0 saturated carbocycles. The van der Waals surface area contributed by atoms with Crippen molar-refractivity contribution in [3.63, 3.8) is 0 Å². The molecule has 3 nitrogen and oxygen atoms in total. The molecule has 0 atom stereocenters. The highest BCUT2D eigenvalue weighted by molar-refractivity contribution is 7.99. The van der Waals surface area contributed by atoms with Crippen molar-refractivity contribution in [1.82, 2.24) is 10.2 Å². The van der Waals surface area contributed by atoms with Crippen LogP contribution in [0.1, 0.15) is 6.42 Å². The molecule has 0 aromatic heterocycles.